The van der Waals surface area contributed by atoms with Gasteiger partial charge in [-0.25, -0.2) is 0 Å². The Balaban J connectivity index is 1.87. The number of nitrogens with zero attached hydrogens (tertiary/aromatic N) is 1. The average Bonchev–Trinajstić information content (AvgIpc) is 2.77. The third kappa shape index (κ3) is 2.92. The van der Waals surface area contributed by atoms with E-state index in [1.165, 1.54) is 5.56 Å². The molecule has 1 saturated heterocycles. The molecule has 1 aromatic rings. The third-order valence-electron chi connectivity index (χ3n) is 3.41. The number of carbonyl (C=O) groups is 1. The highest BCUT2D eigenvalue weighted by atomic mass is 16.5. The van der Waals surface area contributed by atoms with Crippen LogP contribution in [0.4, 0.5) is 0 Å². The lowest BCUT2D eigenvalue weighted by atomic mass is 10.1. The highest BCUT2D eigenvalue weighted by molar-refractivity contribution is 5.79. The Morgan fingerprint density at radius 1 is 1.44 bits per heavy atom. The second kappa shape index (κ2) is 5.71. The molecule has 1 aromatic carbocycles. The van der Waals surface area contributed by atoms with Gasteiger partial charge in [-0.1, -0.05) is 18.2 Å². The largest absolute Gasteiger partial charge is 0.497 e. The van der Waals surface area contributed by atoms with Gasteiger partial charge in [-0.15, -0.1) is 6.58 Å². The van der Waals surface area contributed by atoms with Gasteiger partial charge < -0.3 is 9.64 Å². The first kappa shape index (κ1) is 12.7. The van der Waals surface area contributed by atoms with Crippen molar-refractivity contribution in [2.24, 2.45) is 5.92 Å². The van der Waals surface area contributed by atoms with Crippen molar-refractivity contribution in [3.05, 3.63) is 42.5 Å². The standard InChI is InChI=1S/C15H19NO2/c1-3-12-10-15(17)16(11-12)9-8-13-4-6-14(18-2)7-5-13/h3-7,12H,1,8-11H2,2H3. The van der Waals surface area contributed by atoms with Crippen LogP contribution in [0.2, 0.25) is 0 Å². The Kier molecular flexibility index (Phi) is 4.03. The number of rotatable bonds is 5. The van der Waals surface area contributed by atoms with Gasteiger partial charge in [0.15, 0.2) is 0 Å². The van der Waals surface area contributed by atoms with Crippen molar-refractivity contribution in [1.29, 1.82) is 0 Å². The highest BCUT2D eigenvalue weighted by Crippen LogP contribution is 2.19. The van der Waals surface area contributed by atoms with Crippen molar-refractivity contribution in [2.75, 3.05) is 20.2 Å². The first-order chi connectivity index (χ1) is 8.72. The summed E-state index contributed by atoms with van der Waals surface area (Å²) in [7, 11) is 1.66. The molecule has 1 atom stereocenters. The van der Waals surface area contributed by atoms with Crippen molar-refractivity contribution in [3.8, 4) is 5.75 Å². The minimum Gasteiger partial charge on any atom is -0.497 e. The summed E-state index contributed by atoms with van der Waals surface area (Å²) < 4.78 is 5.12. The van der Waals surface area contributed by atoms with Crippen LogP contribution < -0.4 is 4.74 Å². The molecule has 1 fully saturated rings. The number of amides is 1. The molecule has 0 saturated carbocycles. The van der Waals surface area contributed by atoms with Crippen LogP contribution in [0.5, 0.6) is 5.75 Å². The molecule has 0 spiro atoms. The molecule has 3 nitrogen and oxygen atoms in total. The number of carbonyl (C=O) groups excluding carboxylic acids is 1. The van der Waals surface area contributed by atoms with Crippen LogP contribution in [-0.2, 0) is 11.2 Å². The fraction of sp³-hybridized carbons (Fsp3) is 0.400. The van der Waals surface area contributed by atoms with E-state index in [0.29, 0.717) is 12.3 Å². The molecule has 1 amide bonds. The van der Waals surface area contributed by atoms with Crippen LogP contribution in [0.1, 0.15) is 12.0 Å². The number of likely N-dealkylation sites (tertiary alicyclic amines) is 1. The van der Waals surface area contributed by atoms with Gasteiger partial charge in [0.1, 0.15) is 5.75 Å². The van der Waals surface area contributed by atoms with Gasteiger partial charge in [-0.3, -0.25) is 4.79 Å². The molecule has 0 aromatic heterocycles. The van der Waals surface area contributed by atoms with Gasteiger partial charge in [0, 0.05) is 25.4 Å². The molecule has 0 bridgehead atoms. The van der Waals surface area contributed by atoms with Gasteiger partial charge in [-0.2, -0.15) is 0 Å². The summed E-state index contributed by atoms with van der Waals surface area (Å²) in [5.74, 6) is 1.43. The predicted molar refractivity (Wildman–Crippen MR) is 71.6 cm³/mol. The van der Waals surface area contributed by atoms with Gasteiger partial charge in [0.2, 0.25) is 5.91 Å². The molecule has 0 aliphatic carbocycles. The zero-order valence-corrected chi connectivity index (χ0v) is 10.8. The van der Waals surface area contributed by atoms with Crippen molar-refractivity contribution in [3.63, 3.8) is 0 Å². The minimum absolute atomic E-state index is 0.244. The summed E-state index contributed by atoms with van der Waals surface area (Å²) in [4.78, 5) is 13.7. The number of benzene rings is 1. The zero-order valence-electron chi connectivity index (χ0n) is 10.8. The van der Waals surface area contributed by atoms with Gasteiger partial charge in [0.05, 0.1) is 7.11 Å². The third-order valence-corrected chi connectivity index (χ3v) is 3.41. The van der Waals surface area contributed by atoms with E-state index in [2.05, 4.69) is 6.58 Å². The highest BCUT2D eigenvalue weighted by Gasteiger charge is 2.26. The molecular formula is C15H19NO2. The maximum absolute atomic E-state index is 11.7. The topological polar surface area (TPSA) is 29.5 Å². The Morgan fingerprint density at radius 2 is 2.17 bits per heavy atom. The van der Waals surface area contributed by atoms with E-state index >= 15 is 0 Å². The van der Waals surface area contributed by atoms with Crippen LogP contribution in [0.3, 0.4) is 0 Å². The summed E-state index contributed by atoms with van der Waals surface area (Å²) >= 11 is 0. The summed E-state index contributed by atoms with van der Waals surface area (Å²) in [6, 6.07) is 8.00. The summed E-state index contributed by atoms with van der Waals surface area (Å²) in [5.41, 5.74) is 1.23. The van der Waals surface area contributed by atoms with E-state index in [9.17, 15) is 4.79 Å². The smallest absolute Gasteiger partial charge is 0.223 e. The first-order valence-corrected chi connectivity index (χ1v) is 6.26. The minimum atomic E-state index is 0.244. The number of methoxy groups -OCH3 is 1. The van der Waals surface area contributed by atoms with Crippen molar-refractivity contribution in [2.45, 2.75) is 12.8 Å². The molecule has 0 N–H and O–H groups in total. The molecule has 1 heterocycles. The maximum atomic E-state index is 11.7. The van der Waals surface area contributed by atoms with E-state index in [4.69, 9.17) is 4.74 Å². The molecule has 1 aliphatic rings. The second-order valence-corrected chi connectivity index (χ2v) is 4.64. The van der Waals surface area contributed by atoms with Crippen LogP contribution in [0, 0.1) is 5.92 Å². The lowest BCUT2D eigenvalue weighted by Gasteiger charge is -2.16. The van der Waals surface area contributed by atoms with Crippen LogP contribution in [0.25, 0.3) is 0 Å². The predicted octanol–water partition coefficient (Wildman–Crippen LogP) is 2.27. The summed E-state index contributed by atoms with van der Waals surface area (Å²) in [6.07, 6.45) is 3.39. The Bertz CT molecular complexity index is 425. The quantitative estimate of drug-likeness (QED) is 0.745. The molecule has 2 rings (SSSR count). The molecule has 1 unspecified atom stereocenters. The van der Waals surface area contributed by atoms with Gasteiger partial charge >= 0.3 is 0 Å². The first-order valence-electron chi connectivity index (χ1n) is 6.26. The van der Waals surface area contributed by atoms with Gasteiger partial charge in [-0.05, 0) is 24.1 Å². The van der Waals surface area contributed by atoms with E-state index in [0.717, 1.165) is 25.3 Å². The molecule has 0 radical (unpaired) electrons. The Labute approximate surface area is 108 Å². The lowest BCUT2D eigenvalue weighted by molar-refractivity contribution is -0.127. The monoisotopic (exact) mass is 245 g/mol. The van der Waals surface area contributed by atoms with Crippen molar-refractivity contribution >= 4 is 5.91 Å². The molecule has 3 heteroatoms. The Hall–Kier alpha value is -1.77. The van der Waals surface area contributed by atoms with Crippen molar-refractivity contribution < 1.29 is 9.53 Å². The second-order valence-electron chi connectivity index (χ2n) is 4.64. The number of hydrogen-bond donors (Lipinski definition) is 0. The molecule has 1 aliphatic heterocycles. The normalized spacial score (nSPS) is 19.1. The average molecular weight is 245 g/mol. The molecular weight excluding hydrogens is 226 g/mol. The molecule has 18 heavy (non-hydrogen) atoms. The number of hydrogen-bond acceptors (Lipinski definition) is 2. The van der Waals surface area contributed by atoms with E-state index in [-0.39, 0.29) is 5.91 Å². The van der Waals surface area contributed by atoms with Crippen LogP contribution >= 0.6 is 0 Å². The molecule has 96 valence electrons. The summed E-state index contributed by atoms with van der Waals surface area (Å²) in [5, 5.41) is 0. The van der Waals surface area contributed by atoms with E-state index < -0.39 is 0 Å². The SMILES string of the molecule is C=CC1CC(=O)N(CCc2ccc(OC)cc2)C1. The zero-order chi connectivity index (χ0) is 13.0. The van der Waals surface area contributed by atoms with Crippen LogP contribution in [0.15, 0.2) is 36.9 Å². The Morgan fingerprint density at radius 3 is 2.72 bits per heavy atom. The fourth-order valence-electron chi connectivity index (χ4n) is 2.23. The van der Waals surface area contributed by atoms with Crippen molar-refractivity contribution in [1.82, 2.24) is 4.90 Å². The van der Waals surface area contributed by atoms with E-state index in [1.807, 2.05) is 35.2 Å². The maximum Gasteiger partial charge on any atom is 0.223 e. The lowest BCUT2D eigenvalue weighted by Crippen LogP contribution is -2.27. The number of ether oxygens (including phenoxy) is 1. The van der Waals surface area contributed by atoms with Crippen LogP contribution in [-0.4, -0.2) is 31.0 Å². The summed E-state index contributed by atoms with van der Waals surface area (Å²) in [6.45, 7) is 5.36. The van der Waals surface area contributed by atoms with Gasteiger partial charge in [0.25, 0.3) is 0 Å². The van der Waals surface area contributed by atoms with E-state index in [1.54, 1.807) is 7.11 Å². The fourth-order valence-corrected chi connectivity index (χ4v) is 2.23.